The van der Waals surface area contributed by atoms with Gasteiger partial charge in [0.1, 0.15) is 6.17 Å². The molecule has 0 N–H and O–H groups in total. The van der Waals surface area contributed by atoms with E-state index in [1.807, 2.05) is 0 Å². The molecule has 1 aliphatic rings. The van der Waals surface area contributed by atoms with Crippen molar-refractivity contribution in [1.82, 2.24) is 0 Å². The molecule has 0 fully saturated rings. The lowest BCUT2D eigenvalue weighted by Gasteiger charge is -2.37. The van der Waals surface area contributed by atoms with E-state index in [4.69, 9.17) is 0 Å². The minimum atomic E-state index is 0.102. The standard InChI is InChI=1S/C26H28N2/c1-18-12-9-10-17-24(18)28-22(5)21(4)27(23-15-7-6-8-16-23)26(28)25-19(2)13-11-14-20(25)3/h6-17,26H,1-5H3. The molecule has 0 bridgehead atoms. The molecule has 0 radical (unpaired) electrons. The van der Waals surface area contributed by atoms with E-state index in [0.29, 0.717) is 0 Å². The van der Waals surface area contributed by atoms with Crippen LogP contribution in [0.2, 0.25) is 0 Å². The smallest absolute Gasteiger partial charge is 0.137 e. The predicted molar refractivity (Wildman–Crippen MR) is 120 cm³/mol. The second-order valence-corrected chi connectivity index (χ2v) is 7.71. The van der Waals surface area contributed by atoms with Gasteiger partial charge in [0.15, 0.2) is 0 Å². The van der Waals surface area contributed by atoms with Crippen LogP contribution < -0.4 is 9.80 Å². The lowest BCUT2D eigenvalue weighted by Crippen LogP contribution is -2.34. The molecule has 3 aromatic rings. The lowest BCUT2D eigenvalue weighted by atomic mass is 9.98. The van der Waals surface area contributed by atoms with Crippen LogP contribution in [0, 0.1) is 20.8 Å². The number of nitrogens with zero attached hydrogens (tertiary/aromatic N) is 2. The number of para-hydroxylation sites is 2. The topological polar surface area (TPSA) is 6.48 Å². The summed E-state index contributed by atoms with van der Waals surface area (Å²) in [6, 6.07) is 26.0. The quantitative estimate of drug-likeness (QED) is 0.497. The lowest BCUT2D eigenvalue weighted by molar-refractivity contribution is 0.702. The Morgan fingerprint density at radius 3 is 1.71 bits per heavy atom. The van der Waals surface area contributed by atoms with Crippen molar-refractivity contribution in [3.63, 3.8) is 0 Å². The summed E-state index contributed by atoms with van der Waals surface area (Å²) in [6.45, 7) is 11.1. The molecule has 1 aliphatic heterocycles. The highest BCUT2D eigenvalue weighted by Crippen LogP contribution is 2.47. The van der Waals surface area contributed by atoms with Gasteiger partial charge in [0.2, 0.25) is 0 Å². The zero-order chi connectivity index (χ0) is 19.8. The minimum absolute atomic E-state index is 0.102. The van der Waals surface area contributed by atoms with E-state index in [1.54, 1.807) is 0 Å². The molecule has 0 aromatic heterocycles. The van der Waals surface area contributed by atoms with E-state index < -0.39 is 0 Å². The van der Waals surface area contributed by atoms with Gasteiger partial charge in [-0.05, 0) is 69.5 Å². The third-order valence-corrected chi connectivity index (χ3v) is 5.95. The zero-order valence-corrected chi connectivity index (χ0v) is 17.4. The van der Waals surface area contributed by atoms with E-state index in [2.05, 4.69) is 117 Å². The van der Waals surface area contributed by atoms with Crippen LogP contribution in [-0.4, -0.2) is 0 Å². The van der Waals surface area contributed by atoms with Crippen molar-refractivity contribution in [2.45, 2.75) is 40.8 Å². The van der Waals surface area contributed by atoms with Crippen LogP contribution in [0.5, 0.6) is 0 Å². The van der Waals surface area contributed by atoms with E-state index in [0.717, 1.165) is 0 Å². The maximum absolute atomic E-state index is 2.51. The first-order chi connectivity index (χ1) is 13.5. The molecule has 1 atom stereocenters. The van der Waals surface area contributed by atoms with Gasteiger partial charge in [-0.1, -0.05) is 54.6 Å². The Balaban J connectivity index is 1.98. The molecule has 142 valence electrons. The van der Waals surface area contributed by atoms with E-state index in [1.165, 1.54) is 45.0 Å². The number of allylic oxidation sites excluding steroid dienone is 2. The normalized spacial score (nSPS) is 16.8. The molecule has 4 rings (SSSR count). The number of hydrogen-bond donors (Lipinski definition) is 0. The van der Waals surface area contributed by atoms with Crippen LogP contribution in [0.1, 0.15) is 42.3 Å². The third-order valence-electron chi connectivity index (χ3n) is 5.95. The molecule has 0 amide bonds. The molecule has 0 aliphatic carbocycles. The Bertz CT molecular complexity index is 1010. The summed E-state index contributed by atoms with van der Waals surface area (Å²) in [5.41, 5.74) is 10.4. The fourth-order valence-corrected chi connectivity index (χ4v) is 4.39. The summed E-state index contributed by atoms with van der Waals surface area (Å²) >= 11 is 0. The Hall–Kier alpha value is -3.00. The maximum Gasteiger partial charge on any atom is 0.137 e. The van der Waals surface area contributed by atoms with Gasteiger partial charge in [0.25, 0.3) is 0 Å². The Labute approximate surface area is 168 Å². The van der Waals surface area contributed by atoms with Crippen molar-refractivity contribution >= 4 is 11.4 Å². The van der Waals surface area contributed by atoms with Crippen LogP contribution in [-0.2, 0) is 0 Å². The molecule has 3 aromatic carbocycles. The van der Waals surface area contributed by atoms with Gasteiger partial charge >= 0.3 is 0 Å². The van der Waals surface area contributed by atoms with Gasteiger partial charge in [0, 0.05) is 28.3 Å². The van der Waals surface area contributed by atoms with Crippen molar-refractivity contribution in [3.05, 3.63) is 106 Å². The van der Waals surface area contributed by atoms with Gasteiger partial charge in [-0.15, -0.1) is 0 Å². The Morgan fingerprint density at radius 2 is 1.07 bits per heavy atom. The monoisotopic (exact) mass is 368 g/mol. The summed E-state index contributed by atoms with van der Waals surface area (Å²) in [7, 11) is 0. The van der Waals surface area contributed by atoms with Crippen molar-refractivity contribution in [2.24, 2.45) is 0 Å². The third kappa shape index (κ3) is 2.90. The van der Waals surface area contributed by atoms with Crippen molar-refractivity contribution in [1.29, 1.82) is 0 Å². The molecule has 2 heteroatoms. The summed E-state index contributed by atoms with van der Waals surface area (Å²) in [5.74, 6) is 0. The zero-order valence-electron chi connectivity index (χ0n) is 17.4. The molecular weight excluding hydrogens is 340 g/mol. The van der Waals surface area contributed by atoms with Gasteiger partial charge in [-0.2, -0.15) is 0 Å². The number of rotatable bonds is 3. The van der Waals surface area contributed by atoms with Gasteiger partial charge in [-0.3, -0.25) is 0 Å². The molecule has 28 heavy (non-hydrogen) atoms. The van der Waals surface area contributed by atoms with Gasteiger partial charge in [-0.25, -0.2) is 0 Å². The number of hydrogen-bond acceptors (Lipinski definition) is 2. The second-order valence-electron chi connectivity index (χ2n) is 7.71. The Morgan fingerprint density at radius 1 is 0.536 bits per heavy atom. The van der Waals surface area contributed by atoms with E-state index >= 15 is 0 Å². The Kier molecular flexibility index (Phi) is 4.72. The van der Waals surface area contributed by atoms with E-state index in [9.17, 15) is 0 Å². The van der Waals surface area contributed by atoms with Crippen LogP contribution >= 0.6 is 0 Å². The van der Waals surface area contributed by atoms with Crippen LogP contribution in [0.4, 0.5) is 11.4 Å². The fourth-order valence-electron chi connectivity index (χ4n) is 4.39. The van der Waals surface area contributed by atoms with Crippen LogP contribution in [0.25, 0.3) is 0 Å². The van der Waals surface area contributed by atoms with Crippen molar-refractivity contribution in [3.8, 4) is 0 Å². The molecule has 0 saturated heterocycles. The first-order valence-electron chi connectivity index (χ1n) is 9.93. The maximum atomic E-state index is 2.51. The van der Waals surface area contributed by atoms with Crippen molar-refractivity contribution in [2.75, 3.05) is 9.80 Å². The summed E-state index contributed by atoms with van der Waals surface area (Å²) in [6.07, 6.45) is 0.102. The highest BCUT2D eigenvalue weighted by atomic mass is 15.4. The largest absolute Gasteiger partial charge is 0.318 e. The van der Waals surface area contributed by atoms with E-state index in [-0.39, 0.29) is 6.17 Å². The molecular formula is C26H28N2. The highest BCUT2D eigenvalue weighted by Gasteiger charge is 2.39. The minimum Gasteiger partial charge on any atom is -0.318 e. The summed E-state index contributed by atoms with van der Waals surface area (Å²) in [5, 5.41) is 0. The SMILES string of the molecule is CC1=C(C)N(c2ccccc2C)C(c2c(C)cccc2C)N1c1ccccc1. The highest BCUT2D eigenvalue weighted by molar-refractivity contribution is 5.70. The molecule has 1 heterocycles. The fraction of sp³-hybridized carbons (Fsp3) is 0.231. The average molecular weight is 369 g/mol. The summed E-state index contributed by atoms with van der Waals surface area (Å²) in [4.78, 5) is 4.99. The molecule has 0 saturated carbocycles. The van der Waals surface area contributed by atoms with Gasteiger partial charge in [0.05, 0.1) is 0 Å². The molecule has 0 spiro atoms. The molecule has 2 nitrogen and oxygen atoms in total. The van der Waals surface area contributed by atoms with Gasteiger partial charge < -0.3 is 9.80 Å². The predicted octanol–water partition coefficient (Wildman–Crippen LogP) is 6.89. The average Bonchev–Trinajstić information content (AvgIpc) is 2.94. The number of anilines is 2. The van der Waals surface area contributed by atoms with Crippen molar-refractivity contribution < 1.29 is 0 Å². The molecule has 1 unspecified atom stereocenters. The number of benzene rings is 3. The van der Waals surface area contributed by atoms with Crippen LogP contribution in [0.3, 0.4) is 0 Å². The second kappa shape index (κ2) is 7.20. The first kappa shape index (κ1) is 18.4. The number of aryl methyl sites for hydroxylation is 3. The first-order valence-corrected chi connectivity index (χ1v) is 9.93. The van der Waals surface area contributed by atoms with Crippen LogP contribution in [0.15, 0.2) is 84.2 Å². The summed E-state index contributed by atoms with van der Waals surface area (Å²) < 4.78 is 0.